The van der Waals surface area contributed by atoms with Gasteiger partial charge in [0, 0.05) is 31.9 Å². The molecule has 1 aliphatic carbocycles. The van der Waals surface area contributed by atoms with Gasteiger partial charge in [0.25, 0.3) is 0 Å². The standard InChI is InChI=1S/C11H24N2O2S/c1-11(2,16(4,14)15)9-13(3)8-7-12-10-5-6-10/h10,12H,5-9H2,1-4H3. The first-order valence-corrected chi connectivity index (χ1v) is 7.73. The zero-order valence-electron chi connectivity index (χ0n) is 10.8. The van der Waals surface area contributed by atoms with E-state index in [1.165, 1.54) is 19.1 Å². The largest absolute Gasteiger partial charge is 0.313 e. The Hall–Kier alpha value is -0.130. The second-order valence-electron chi connectivity index (χ2n) is 5.50. The van der Waals surface area contributed by atoms with Crippen molar-refractivity contribution in [1.82, 2.24) is 10.2 Å². The van der Waals surface area contributed by atoms with Gasteiger partial charge in [-0.25, -0.2) is 8.42 Å². The molecule has 4 nitrogen and oxygen atoms in total. The summed E-state index contributed by atoms with van der Waals surface area (Å²) in [6.45, 7) is 5.99. The Bertz CT molecular complexity index is 321. The zero-order chi connectivity index (χ0) is 12.4. The Balaban J connectivity index is 2.28. The van der Waals surface area contributed by atoms with Crippen molar-refractivity contribution in [3.63, 3.8) is 0 Å². The van der Waals surface area contributed by atoms with Gasteiger partial charge in [-0.05, 0) is 33.7 Å². The van der Waals surface area contributed by atoms with Gasteiger partial charge in [0.2, 0.25) is 0 Å². The molecule has 0 unspecified atom stereocenters. The molecule has 0 bridgehead atoms. The molecule has 0 radical (unpaired) electrons. The average Bonchev–Trinajstić information content (AvgIpc) is 2.84. The normalized spacial score (nSPS) is 18.1. The van der Waals surface area contributed by atoms with Crippen LogP contribution in [0.5, 0.6) is 0 Å². The van der Waals surface area contributed by atoms with Crippen LogP contribution >= 0.6 is 0 Å². The first-order chi connectivity index (χ1) is 7.22. The monoisotopic (exact) mass is 248 g/mol. The molecular weight excluding hydrogens is 224 g/mol. The van der Waals surface area contributed by atoms with Crippen molar-refractivity contribution in [2.75, 3.05) is 32.9 Å². The van der Waals surface area contributed by atoms with Gasteiger partial charge < -0.3 is 10.2 Å². The van der Waals surface area contributed by atoms with Gasteiger partial charge in [0.1, 0.15) is 0 Å². The Morgan fingerprint density at radius 2 is 1.94 bits per heavy atom. The maximum atomic E-state index is 11.5. The van der Waals surface area contributed by atoms with Gasteiger partial charge in [0.05, 0.1) is 4.75 Å². The summed E-state index contributed by atoms with van der Waals surface area (Å²) in [7, 11) is -1.01. The van der Waals surface area contributed by atoms with Crippen LogP contribution in [0, 0.1) is 0 Å². The predicted octanol–water partition coefficient (Wildman–Crippen LogP) is 0.493. The molecule has 1 saturated carbocycles. The van der Waals surface area contributed by atoms with E-state index < -0.39 is 14.6 Å². The van der Waals surface area contributed by atoms with Crippen LogP contribution in [0.2, 0.25) is 0 Å². The van der Waals surface area contributed by atoms with Crippen molar-refractivity contribution in [3.05, 3.63) is 0 Å². The fourth-order valence-corrected chi connectivity index (χ4v) is 2.05. The minimum Gasteiger partial charge on any atom is -0.313 e. The van der Waals surface area contributed by atoms with Crippen LogP contribution in [0.1, 0.15) is 26.7 Å². The van der Waals surface area contributed by atoms with Crippen LogP contribution in [0.15, 0.2) is 0 Å². The molecule has 0 amide bonds. The molecule has 0 spiro atoms. The van der Waals surface area contributed by atoms with Crippen LogP contribution in [-0.4, -0.2) is 57.0 Å². The molecule has 0 atom stereocenters. The summed E-state index contributed by atoms with van der Waals surface area (Å²) in [5, 5.41) is 3.42. The minimum absolute atomic E-state index is 0.582. The highest BCUT2D eigenvalue weighted by atomic mass is 32.2. The zero-order valence-corrected chi connectivity index (χ0v) is 11.6. The Morgan fingerprint density at radius 1 is 1.38 bits per heavy atom. The molecule has 0 heterocycles. The fourth-order valence-electron chi connectivity index (χ4n) is 1.59. The number of hydrogen-bond acceptors (Lipinski definition) is 4. The minimum atomic E-state index is -2.99. The van der Waals surface area contributed by atoms with E-state index in [2.05, 4.69) is 10.2 Å². The summed E-state index contributed by atoms with van der Waals surface area (Å²) in [6.07, 6.45) is 3.89. The summed E-state index contributed by atoms with van der Waals surface area (Å²) < 4.78 is 22.4. The van der Waals surface area contributed by atoms with E-state index in [1.807, 2.05) is 7.05 Å². The van der Waals surface area contributed by atoms with Crippen molar-refractivity contribution in [2.24, 2.45) is 0 Å². The number of sulfone groups is 1. The number of nitrogens with one attached hydrogen (secondary N) is 1. The summed E-state index contributed by atoms with van der Waals surface area (Å²) in [6, 6.07) is 0.719. The Kier molecular flexibility index (Phi) is 4.37. The van der Waals surface area contributed by atoms with Crippen LogP contribution in [0.25, 0.3) is 0 Å². The molecule has 5 heteroatoms. The van der Waals surface area contributed by atoms with Crippen molar-refractivity contribution in [2.45, 2.75) is 37.5 Å². The Labute approximate surface area is 99.3 Å². The van der Waals surface area contributed by atoms with Gasteiger partial charge >= 0.3 is 0 Å². The van der Waals surface area contributed by atoms with Gasteiger partial charge in [-0.3, -0.25) is 0 Å². The van der Waals surface area contributed by atoms with E-state index in [-0.39, 0.29) is 0 Å². The molecule has 1 rings (SSSR count). The summed E-state index contributed by atoms with van der Waals surface area (Å²) in [5.41, 5.74) is 0. The third-order valence-corrected chi connectivity index (χ3v) is 5.29. The molecule has 0 aromatic heterocycles. The van der Waals surface area contributed by atoms with Crippen LogP contribution in [-0.2, 0) is 9.84 Å². The lowest BCUT2D eigenvalue weighted by Gasteiger charge is -2.28. The lowest BCUT2D eigenvalue weighted by molar-refractivity contribution is 0.302. The van der Waals surface area contributed by atoms with Gasteiger partial charge in [0.15, 0.2) is 9.84 Å². The molecule has 1 N–H and O–H groups in total. The second-order valence-corrected chi connectivity index (χ2v) is 8.15. The first-order valence-electron chi connectivity index (χ1n) is 5.84. The number of rotatable bonds is 7. The van der Waals surface area contributed by atoms with Crippen molar-refractivity contribution in [1.29, 1.82) is 0 Å². The van der Waals surface area contributed by atoms with Crippen LogP contribution in [0.4, 0.5) is 0 Å². The van der Waals surface area contributed by atoms with Gasteiger partial charge in [-0.15, -0.1) is 0 Å². The highest BCUT2D eigenvalue weighted by molar-refractivity contribution is 7.92. The number of nitrogens with zero attached hydrogens (tertiary/aromatic N) is 1. The Morgan fingerprint density at radius 3 is 2.38 bits per heavy atom. The van der Waals surface area contributed by atoms with E-state index >= 15 is 0 Å². The molecule has 0 aromatic rings. The molecule has 0 saturated heterocycles. The predicted molar refractivity (Wildman–Crippen MR) is 67.4 cm³/mol. The van der Waals surface area contributed by atoms with E-state index in [0.29, 0.717) is 6.54 Å². The first kappa shape index (κ1) is 13.9. The molecule has 1 aliphatic rings. The molecular formula is C11H24N2O2S. The summed E-state index contributed by atoms with van der Waals surface area (Å²) >= 11 is 0. The summed E-state index contributed by atoms with van der Waals surface area (Å²) in [4.78, 5) is 2.08. The molecule has 1 fully saturated rings. The van der Waals surface area contributed by atoms with Crippen molar-refractivity contribution >= 4 is 9.84 Å². The van der Waals surface area contributed by atoms with Gasteiger partial charge in [-0.2, -0.15) is 0 Å². The number of likely N-dealkylation sites (N-methyl/N-ethyl adjacent to an activating group) is 1. The third kappa shape index (κ3) is 4.39. The lowest BCUT2D eigenvalue weighted by atomic mass is 10.2. The highest BCUT2D eigenvalue weighted by Crippen LogP contribution is 2.18. The topological polar surface area (TPSA) is 49.4 Å². The van der Waals surface area contributed by atoms with Crippen molar-refractivity contribution < 1.29 is 8.42 Å². The quantitative estimate of drug-likeness (QED) is 0.712. The van der Waals surface area contributed by atoms with Crippen LogP contribution in [0.3, 0.4) is 0 Å². The molecule has 96 valence electrons. The van der Waals surface area contributed by atoms with Gasteiger partial charge in [-0.1, -0.05) is 0 Å². The maximum absolute atomic E-state index is 11.5. The van der Waals surface area contributed by atoms with E-state index in [9.17, 15) is 8.42 Å². The third-order valence-electron chi connectivity index (χ3n) is 3.16. The number of hydrogen-bond donors (Lipinski definition) is 1. The van der Waals surface area contributed by atoms with E-state index in [1.54, 1.807) is 13.8 Å². The molecule has 16 heavy (non-hydrogen) atoms. The van der Waals surface area contributed by atoms with E-state index in [0.717, 1.165) is 19.1 Å². The SMILES string of the molecule is CN(CCNC1CC1)CC(C)(C)S(C)(=O)=O. The fraction of sp³-hybridized carbons (Fsp3) is 1.00. The molecule has 0 aliphatic heterocycles. The average molecular weight is 248 g/mol. The maximum Gasteiger partial charge on any atom is 0.153 e. The highest BCUT2D eigenvalue weighted by Gasteiger charge is 2.31. The smallest absolute Gasteiger partial charge is 0.153 e. The second kappa shape index (κ2) is 5.02. The molecule has 0 aromatic carbocycles. The summed E-state index contributed by atoms with van der Waals surface area (Å²) in [5.74, 6) is 0. The van der Waals surface area contributed by atoms with E-state index in [4.69, 9.17) is 0 Å². The lowest BCUT2D eigenvalue weighted by Crippen LogP contribution is -2.44. The van der Waals surface area contributed by atoms with Crippen LogP contribution < -0.4 is 5.32 Å². The van der Waals surface area contributed by atoms with Crippen molar-refractivity contribution in [3.8, 4) is 0 Å².